The third kappa shape index (κ3) is 1.73. The second kappa shape index (κ2) is 3.49. The van der Waals surface area contributed by atoms with Gasteiger partial charge in [0.05, 0.1) is 16.6 Å². The summed E-state index contributed by atoms with van der Waals surface area (Å²) in [6, 6.07) is 0.919. The number of hydrogen-bond donors (Lipinski definition) is 0. The van der Waals surface area contributed by atoms with Gasteiger partial charge in [-0.2, -0.15) is 4.39 Å². The normalized spacial score (nSPS) is 9.93. The third-order valence-electron chi connectivity index (χ3n) is 1.61. The van der Waals surface area contributed by atoms with Crippen molar-refractivity contribution in [1.82, 2.24) is 0 Å². The Balaban J connectivity index is 3.38. The van der Waals surface area contributed by atoms with E-state index in [0.29, 0.717) is 12.1 Å². The second-order valence-corrected chi connectivity index (χ2v) is 2.60. The Morgan fingerprint density at radius 3 is 2.36 bits per heavy atom. The van der Waals surface area contributed by atoms with Gasteiger partial charge in [0, 0.05) is 0 Å². The van der Waals surface area contributed by atoms with Gasteiger partial charge < -0.3 is 0 Å². The van der Waals surface area contributed by atoms with Crippen LogP contribution in [0.4, 0.5) is 14.5 Å². The largest absolute Gasteiger partial charge is 0.307 e. The van der Waals surface area contributed by atoms with Crippen LogP contribution < -0.4 is 0 Å². The minimum absolute atomic E-state index is 0.395. The van der Waals surface area contributed by atoms with Gasteiger partial charge in [0.1, 0.15) is 5.82 Å². The van der Waals surface area contributed by atoms with Crippen molar-refractivity contribution >= 4 is 11.5 Å². The minimum atomic E-state index is -1.22. The van der Waals surface area contributed by atoms with E-state index in [2.05, 4.69) is 0 Å². The minimum Gasteiger partial charge on any atom is -0.294 e. The summed E-state index contributed by atoms with van der Waals surface area (Å²) in [5.41, 5.74) is -1.47. The van der Waals surface area contributed by atoms with Gasteiger partial charge in [-0.25, -0.2) is 4.39 Å². The molecule has 74 valence electrons. The van der Waals surface area contributed by atoms with Crippen LogP contribution in [0.2, 0.25) is 0 Å². The first-order valence-corrected chi connectivity index (χ1v) is 3.58. The number of carbonyl (C=O) groups excluding carboxylic acids is 1. The predicted molar refractivity (Wildman–Crippen MR) is 43.0 cm³/mol. The lowest BCUT2D eigenvalue weighted by Gasteiger charge is -1.99. The zero-order chi connectivity index (χ0) is 10.9. The predicted octanol–water partition coefficient (Wildman–Crippen LogP) is 2.08. The molecule has 0 saturated heterocycles. The maximum Gasteiger partial charge on any atom is 0.307 e. The number of nitro groups is 1. The van der Waals surface area contributed by atoms with E-state index in [1.54, 1.807) is 0 Å². The SMILES string of the molecule is CC(=O)c1cc(F)c([N+](=O)[O-])cc1F. The number of rotatable bonds is 2. The van der Waals surface area contributed by atoms with E-state index in [1.165, 1.54) is 0 Å². The fraction of sp³-hybridized carbons (Fsp3) is 0.125. The molecule has 0 aliphatic carbocycles. The van der Waals surface area contributed by atoms with Crippen LogP contribution in [0.15, 0.2) is 12.1 Å². The Hall–Kier alpha value is -1.85. The van der Waals surface area contributed by atoms with Crippen LogP contribution in [0.5, 0.6) is 0 Å². The fourth-order valence-electron chi connectivity index (χ4n) is 0.946. The van der Waals surface area contributed by atoms with Crippen molar-refractivity contribution in [3.63, 3.8) is 0 Å². The molecular weight excluding hydrogens is 196 g/mol. The van der Waals surface area contributed by atoms with Crippen LogP contribution in [-0.4, -0.2) is 10.7 Å². The van der Waals surface area contributed by atoms with Gasteiger partial charge in [-0.15, -0.1) is 0 Å². The van der Waals surface area contributed by atoms with E-state index < -0.39 is 33.6 Å². The van der Waals surface area contributed by atoms with Crippen LogP contribution >= 0.6 is 0 Å². The number of hydrogen-bond acceptors (Lipinski definition) is 3. The van der Waals surface area contributed by atoms with Gasteiger partial charge in [0.15, 0.2) is 5.78 Å². The molecule has 1 aromatic rings. The zero-order valence-corrected chi connectivity index (χ0v) is 7.08. The maximum absolute atomic E-state index is 12.9. The first kappa shape index (κ1) is 10.2. The lowest BCUT2D eigenvalue weighted by Crippen LogP contribution is -2.01. The van der Waals surface area contributed by atoms with E-state index in [1.807, 2.05) is 0 Å². The van der Waals surface area contributed by atoms with Crippen molar-refractivity contribution in [2.24, 2.45) is 0 Å². The summed E-state index contributed by atoms with van der Waals surface area (Å²) in [5, 5.41) is 10.2. The van der Waals surface area contributed by atoms with Gasteiger partial charge in [-0.05, 0) is 13.0 Å². The van der Waals surface area contributed by atoms with Crippen LogP contribution in [0.3, 0.4) is 0 Å². The van der Waals surface area contributed by atoms with Crippen LogP contribution in [0.25, 0.3) is 0 Å². The van der Waals surface area contributed by atoms with Crippen LogP contribution in [0.1, 0.15) is 17.3 Å². The van der Waals surface area contributed by atoms with Crippen molar-refractivity contribution < 1.29 is 18.5 Å². The van der Waals surface area contributed by atoms with Gasteiger partial charge in [0.2, 0.25) is 5.82 Å². The number of Topliss-reactive ketones (excluding diaryl/α,β-unsaturated/α-hetero) is 1. The molecular formula is C8H5F2NO3. The van der Waals surface area contributed by atoms with E-state index in [-0.39, 0.29) is 0 Å². The molecule has 1 aromatic carbocycles. The summed E-state index contributed by atoms with van der Waals surface area (Å²) in [5.74, 6) is -3.00. The Kier molecular flexibility index (Phi) is 2.55. The van der Waals surface area contributed by atoms with Crippen molar-refractivity contribution in [2.45, 2.75) is 6.92 Å². The Labute approximate surface area is 77.3 Å². The van der Waals surface area contributed by atoms with Gasteiger partial charge >= 0.3 is 5.69 Å². The molecule has 0 heterocycles. The summed E-state index contributed by atoms with van der Waals surface area (Å²) < 4.78 is 25.8. The highest BCUT2D eigenvalue weighted by Crippen LogP contribution is 2.21. The first-order chi connectivity index (χ1) is 6.43. The summed E-state index contributed by atoms with van der Waals surface area (Å²) in [4.78, 5) is 19.8. The molecule has 0 aliphatic heterocycles. The topological polar surface area (TPSA) is 60.2 Å². The maximum atomic E-state index is 12.9. The summed E-state index contributed by atoms with van der Waals surface area (Å²) >= 11 is 0. The van der Waals surface area contributed by atoms with Crippen LogP contribution in [0, 0.1) is 21.7 Å². The zero-order valence-electron chi connectivity index (χ0n) is 7.08. The highest BCUT2D eigenvalue weighted by molar-refractivity contribution is 5.94. The van der Waals surface area contributed by atoms with Crippen molar-refractivity contribution in [2.75, 3.05) is 0 Å². The third-order valence-corrected chi connectivity index (χ3v) is 1.61. The average molecular weight is 201 g/mol. The smallest absolute Gasteiger partial charge is 0.294 e. The Morgan fingerprint density at radius 2 is 1.93 bits per heavy atom. The molecule has 0 radical (unpaired) electrons. The highest BCUT2D eigenvalue weighted by Gasteiger charge is 2.19. The number of benzene rings is 1. The molecule has 0 spiro atoms. The number of nitro benzene ring substituents is 1. The molecule has 1 rings (SSSR count). The van der Waals surface area contributed by atoms with Crippen molar-refractivity contribution in [1.29, 1.82) is 0 Å². The lowest BCUT2D eigenvalue weighted by atomic mass is 10.1. The summed E-state index contributed by atoms with van der Waals surface area (Å²) in [7, 11) is 0. The first-order valence-electron chi connectivity index (χ1n) is 3.58. The van der Waals surface area contributed by atoms with Crippen molar-refractivity contribution in [3.8, 4) is 0 Å². The lowest BCUT2D eigenvalue weighted by molar-refractivity contribution is -0.387. The van der Waals surface area contributed by atoms with Gasteiger partial charge in [-0.3, -0.25) is 14.9 Å². The highest BCUT2D eigenvalue weighted by atomic mass is 19.1. The molecule has 0 atom stereocenters. The molecule has 14 heavy (non-hydrogen) atoms. The summed E-state index contributed by atoms with van der Waals surface area (Å²) in [6.07, 6.45) is 0. The van der Waals surface area contributed by atoms with E-state index in [9.17, 15) is 23.7 Å². The molecule has 4 nitrogen and oxygen atoms in total. The quantitative estimate of drug-likeness (QED) is 0.418. The number of ketones is 1. The van der Waals surface area contributed by atoms with Gasteiger partial charge in [-0.1, -0.05) is 0 Å². The van der Waals surface area contributed by atoms with E-state index >= 15 is 0 Å². The number of nitrogens with zero attached hydrogens (tertiary/aromatic N) is 1. The van der Waals surface area contributed by atoms with Crippen LogP contribution in [-0.2, 0) is 0 Å². The molecule has 0 aliphatic rings. The molecule has 0 bridgehead atoms. The Bertz CT molecular complexity index is 378. The second-order valence-electron chi connectivity index (χ2n) is 2.60. The van der Waals surface area contributed by atoms with Crippen molar-refractivity contribution in [3.05, 3.63) is 39.4 Å². The standard InChI is InChI=1S/C8H5F2NO3/c1-4(12)5-2-7(10)8(11(13)14)3-6(5)9/h2-3H,1H3. The molecule has 0 fully saturated rings. The molecule has 6 heteroatoms. The monoisotopic (exact) mass is 201 g/mol. The molecule has 0 aromatic heterocycles. The molecule has 0 N–H and O–H groups in total. The Morgan fingerprint density at radius 1 is 1.36 bits per heavy atom. The van der Waals surface area contributed by atoms with E-state index in [0.717, 1.165) is 6.92 Å². The number of halogens is 2. The molecule has 0 saturated carbocycles. The van der Waals surface area contributed by atoms with Gasteiger partial charge in [0.25, 0.3) is 0 Å². The van der Waals surface area contributed by atoms with E-state index in [4.69, 9.17) is 0 Å². The fourth-order valence-corrected chi connectivity index (χ4v) is 0.946. The average Bonchev–Trinajstić information content (AvgIpc) is 2.07. The number of carbonyl (C=O) groups is 1. The summed E-state index contributed by atoms with van der Waals surface area (Å²) in [6.45, 7) is 1.05. The molecule has 0 unspecified atom stereocenters. The molecule has 0 amide bonds.